The molecule has 2 N–H and O–H groups in total. The average molecular weight is 346 g/mol. The molecule has 2 saturated heterocycles. The van der Waals surface area contributed by atoms with Gasteiger partial charge in [0.25, 0.3) is 5.91 Å². The van der Waals surface area contributed by atoms with Crippen LogP contribution < -0.4 is 15.6 Å². The Labute approximate surface area is 150 Å². The lowest BCUT2D eigenvalue weighted by Crippen LogP contribution is -2.39. The molecule has 1 aromatic carbocycles. The predicted molar refractivity (Wildman–Crippen MR) is 98.2 cm³/mol. The molecule has 2 unspecified atom stereocenters. The summed E-state index contributed by atoms with van der Waals surface area (Å²) in [6, 6.07) is 9.11. The summed E-state index contributed by atoms with van der Waals surface area (Å²) in [5.41, 5.74) is 7.85. The first-order chi connectivity index (χ1) is 12.1. The third kappa shape index (κ3) is 5.42. The van der Waals surface area contributed by atoms with Crippen LogP contribution in [0.25, 0.3) is 0 Å². The summed E-state index contributed by atoms with van der Waals surface area (Å²) in [5.74, 6) is 0.850. The van der Waals surface area contributed by atoms with E-state index >= 15 is 0 Å². The number of rotatable bonds is 7. The molecule has 2 atom stereocenters. The van der Waals surface area contributed by atoms with Gasteiger partial charge in [-0.2, -0.15) is 0 Å². The third-order valence-electron chi connectivity index (χ3n) is 4.90. The summed E-state index contributed by atoms with van der Waals surface area (Å²) in [4.78, 5) is 16.2. The fourth-order valence-electron chi connectivity index (χ4n) is 3.57. The standard InChI is InChI=1S/C19H30N4O2/c1-15-11-17(21-20-15)13-22(2)12-16-5-7-18(8-6-16)25-14-19(24)23-9-3-4-10-23/h5-8,15,17,20-21H,3-4,9-14H2,1-2H3. The summed E-state index contributed by atoms with van der Waals surface area (Å²) < 4.78 is 5.64. The molecule has 0 bridgehead atoms. The minimum Gasteiger partial charge on any atom is -0.484 e. The first kappa shape index (κ1) is 18.2. The molecular weight excluding hydrogens is 316 g/mol. The summed E-state index contributed by atoms with van der Waals surface area (Å²) in [6.45, 7) is 5.99. The number of benzene rings is 1. The molecule has 2 fully saturated rings. The van der Waals surface area contributed by atoms with Crippen molar-refractivity contribution in [3.63, 3.8) is 0 Å². The van der Waals surface area contributed by atoms with Gasteiger partial charge in [-0.25, -0.2) is 0 Å². The molecule has 2 heterocycles. The molecule has 0 saturated carbocycles. The van der Waals surface area contributed by atoms with Gasteiger partial charge in [-0.05, 0) is 50.9 Å². The van der Waals surface area contributed by atoms with Crippen LogP contribution in [0.3, 0.4) is 0 Å². The summed E-state index contributed by atoms with van der Waals surface area (Å²) in [7, 11) is 2.14. The lowest BCUT2D eigenvalue weighted by Gasteiger charge is -2.21. The first-order valence-corrected chi connectivity index (χ1v) is 9.29. The zero-order valence-electron chi connectivity index (χ0n) is 15.3. The van der Waals surface area contributed by atoms with E-state index in [9.17, 15) is 4.79 Å². The van der Waals surface area contributed by atoms with Crippen LogP contribution in [0.2, 0.25) is 0 Å². The van der Waals surface area contributed by atoms with Crippen molar-refractivity contribution in [2.75, 3.05) is 33.3 Å². The number of carbonyl (C=O) groups excluding carboxylic acids is 1. The van der Waals surface area contributed by atoms with E-state index in [4.69, 9.17) is 4.74 Å². The van der Waals surface area contributed by atoms with Crippen LogP contribution in [-0.4, -0.2) is 61.1 Å². The van der Waals surface area contributed by atoms with E-state index in [0.29, 0.717) is 12.1 Å². The van der Waals surface area contributed by atoms with Crippen LogP contribution in [0, 0.1) is 0 Å². The normalized spacial score (nSPS) is 23.4. The molecular formula is C19H30N4O2. The van der Waals surface area contributed by atoms with Gasteiger partial charge in [-0.1, -0.05) is 12.1 Å². The van der Waals surface area contributed by atoms with Gasteiger partial charge >= 0.3 is 0 Å². The van der Waals surface area contributed by atoms with Crippen molar-refractivity contribution in [2.24, 2.45) is 0 Å². The fraction of sp³-hybridized carbons (Fsp3) is 0.632. The number of hydrogen-bond acceptors (Lipinski definition) is 5. The Balaban J connectivity index is 1.41. The monoisotopic (exact) mass is 346 g/mol. The highest BCUT2D eigenvalue weighted by Gasteiger charge is 2.21. The Morgan fingerprint density at radius 3 is 2.60 bits per heavy atom. The summed E-state index contributed by atoms with van der Waals surface area (Å²) in [5, 5.41) is 0. The predicted octanol–water partition coefficient (Wildman–Crippen LogP) is 1.37. The number of nitrogens with one attached hydrogen (secondary N) is 2. The number of carbonyl (C=O) groups is 1. The number of ether oxygens (including phenoxy) is 1. The molecule has 1 aromatic rings. The molecule has 0 aliphatic carbocycles. The van der Waals surface area contributed by atoms with Gasteiger partial charge in [0.2, 0.25) is 0 Å². The molecule has 25 heavy (non-hydrogen) atoms. The number of amides is 1. The maximum atomic E-state index is 12.0. The maximum Gasteiger partial charge on any atom is 0.260 e. The number of nitrogens with zero attached hydrogens (tertiary/aromatic N) is 2. The van der Waals surface area contributed by atoms with E-state index < -0.39 is 0 Å². The highest BCUT2D eigenvalue weighted by Crippen LogP contribution is 2.15. The second-order valence-electron chi connectivity index (χ2n) is 7.34. The van der Waals surface area contributed by atoms with E-state index in [1.807, 2.05) is 17.0 Å². The quantitative estimate of drug-likeness (QED) is 0.781. The Morgan fingerprint density at radius 1 is 1.24 bits per heavy atom. The largest absolute Gasteiger partial charge is 0.484 e. The second kappa shape index (κ2) is 8.65. The maximum absolute atomic E-state index is 12.0. The minimum absolute atomic E-state index is 0.0909. The molecule has 2 aliphatic rings. The van der Waals surface area contributed by atoms with Crippen LogP contribution in [0.1, 0.15) is 31.7 Å². The first-order valence-electron chi connectivity index (χ1n) is 9.29. The number of likely N-dealkylation sites (N-methyl/N-ethyl adjacent to an activating group) is 1. The van der Waals surface area contributed by atoms with Crippen LogP contribution in [-0.2, 0) is 11.3 Å². The van der Waals surface area contributed by atoms with Gasteiger partial charge in [0.05, 0.1) is 0 Å². The van der Waals surface area contributed by atoms with Crippen molar-refractivity contribution < 1.29 is 9.53 Å². The van der Waals surface area contributed by atoms with Crippen LogP contribution in [0.4, 0.5) is 0 Å². The van der Waals surface area contributed by atoms with Gasteiger partial charge in [0, 0.05) is 38.3 Å². The van der Waals surface area contributed by atoms with Crippen LogP contribution in [0.15, 0.2) is 24.3 Å². The topological polar surface area (TPSA) is 56.8 Å². The molecule has 2 aliphatic heterocycles. The average Bonchev–Trinajstić information content (AvgIpc) is 3.26. The summed E-state index contributed by atoms with van der Waals surface area (Å²) >= 11 is 0. The zero-order valence-corrected chi connectivity index (χ0v) is 15.3. The Kier molecular flexibility index (Phi) is 6.29. The molecule has 138 valence electrons. The van der Waals surface area contributed by atoms with Gasteiger partial charge in [0.1, 0.15) is 5.75 Å². The van der Waals surface area contributed by atoms with Crippen LogP contribution >= 0.6 is 0 Å². The molecule has 3 rings (SSSR count). The van der Waals surface area contributed by atoms with E-state index in [0.717, 1.165) is 51.2 Å². The van der Waals surface area contributed by atoms with Crippen molar-refractivity contribution >= 4 is 5.91 Å². The summed E-state index contributed by atoms with van der Waals surface area (Å²) in [6.07, 6.45) is 3.38. The van der Waals surface area contributed by atoms with Crippen LogP contribution in [0.5, 0.6) is 5.75 Å². The molecule has 6 nitrogen and oxygen atoms in total. The van der Waals surface area contributed by atoms with Crippen molar-refractivity contribution in [1.82, 2.24) is 20.7 Å². The van der Waals surface area contributed by atoms with E-state index in [-0.39, 0.29) is 12.5 Å². The Morgan fingerprint density at radius 2 is 1.96 bits per heavy atom. The van der Waals surface area contributed by atoms with E-state index in [2.05, 4.69) is 41.9 Å². The van der Waals surface area contributed by atoms with E-state index in [1.165, 1.54) is 5.56 Å². The number of hydrogen-bond donors (Lipinski definition) is 2. The van der Waals surface area contributed by atoms with Gasteiger partial charge in [0.15, 0.2) is 6.61 Å². The fourth-order valence-corrected chi connectivity index (χ4v) is 3.57. The molecule has 1 amide bonds. The highest BCUT2D eigenvalue weighted by atomic mass is 16.5. The van der Waals surface area contributed by atoms with Crippen molar-refractivity contribution in [1.29, 1.82) is 0 Å². The minimum atomic E-state index is 0.0909. The Bertz CT molecular complexity index is 557. The van der Waals surface area contributed by atoms with Gasteiger partial charge in [-0.15, -0.1) is 0 Å². The molecule has 6 heteroatoms. The molecule has 0 spiro atoms. The van der Waals surface area contributed by atoms with Gasteiger partial charge < -0.3 is 14.5 Å². The second-order valence-corrected chi connectivity index (χ2v) is 7.34. The SMILES string of the molecule is CC1CC(CN(C)Cc2ccc(OCC(=O)N3CCCC3)cc2)NN1. The lowest BCUT2D eigenvalue weighted by atomic mass is 10.1. The van der Waals surface area contributed by atoms with Gasteiger partial charge in [-0.3, -0.25) is 15.6 Å². The van der Waals surface area contributed by atoms with E-state index in [1.54, 1.807) is 0 Å². The Hall–Kier alpha value is -1.63. The highest BCUT2D eigenvalue weighted by molar-refractivity contribution is 5.78. The number of hydrazine groups is 1. The van der Waals surface area contributed by atoms with Crippen molar-refractivity contribution in [3.8, 4) is 5.75 Å². The lowest BCUT2D eigenvalue weighted by molar-refractivity contribution is -0.132. The van der Waals surface area contributed by atoms with Crippen molar-refractivity contribution in [3.05, 3.63) is 29.8 Å². The number of likely N-dealkylation sites (tertiary alicyclic amines) is 1. The molecule has 0 aromatic heterocycles. The smallest absolute Gasteiger partial charge is 0.260 e. The third-order valence-corrected chi connectivity index (χ3v) is 4.90. The molecule has 0 radical (unpaired) electrons. The van der Waals surface area contributed by atoms with Crippen molar-refractivity contribution in [2.45, 2.75) is 44.8 Å². The zero-order chi connectivity index (χ0) is 17.6.